The molecule has 0 aliphatic heterocycles. The molecule has 0 radical (unpaired) electrons. The first-order valence-electron chi connectivity index (χ1n) is 9.41. The minimum Gasteiger partial charge on any atom is -0.351 e. The number of imidazole rings is 1. The molecule has 2 aliphatic rings. The van der Waals surface area contributed by atoms with E-state index in [2.05, 4.69) is 31.6 Å². The largest absolute Gasteiger partial charge is 0.351 e. The van der Waals surface area contributed by atoms with E-state index in [-0.39, 0.29) is 11.9 Å². The minimum absolute atomic E-state index is 0.106. The lowest BCUT2D eigenvalue weighted by Gasteiger charge is -2.22. The maximum absolute atomic E-state index is 12.7. The third-order valence-corrected chi connectivity index (χ3v) is 5.73. The Morgan fingerprint density at radius 1 is 1.28 bits per heavy atom. The van der Waals surface area contributed by atoms with Crippen LogP contribution >= 0.6 is 0 Å². The zero-order valence-corrected chi connectivity index (χ0v) is 15.1. The summed E-state index contributed by atoms with van der Waals surface area (Å²) < 4.78 is 4.22. The van der Waals surface area contributed by atoms with Crippen LogP contribution in [0, 0.1) is 19.8 Å². The summed E-state index contributed by atoms with van der Waals surface area (Å²) in [6.45, 7) is 5.11. The average molecular weight is 341 g/mol. The summed E-state index contributed by atoms with van der Waals surface area (Å²) in [4.78, 5) is 16.8. The van der Waals surface area contributed by atoms with Gasteiger partial charge < -0.3 is 9.88 Å². The molecule has 25 heavy (non-hydrogen) atoms. The number of amides is 1. The minimum atomic E-state index is 0.106. The van der Waals surface area contributed by atoms with Crippen molar-refractivity contribution in [2.75, 3.05) is 0 Å². The quantitative estimate of drug-likeness (QED) is 0.878. The van der Waals surface area contributed by atoms with Crippen molar-refractivity contribution < 1.29 is 4.79 Å². The fraction of sp³-hybridized carbons (Fsp3) is 0.632. The van der Waals surface area contributed by atoms with E-state index in [1.807, 2.05) is 19.4 Å². The van der Waals surface area contributed by atoms with Crippen LogP contribution in [0.1, 0.15) is 55.1 Å². The first-order valence-corrected chi connectivity index (χ1v) is 9.41. The maximum Gasteiger partial charge on any atom is 0.224 e. The molecule has 1 amide bonds. The second kappa shape index (κ2) is 6.65. The van der Waals surface area contributed by atoms with Crippen LogP contribution in [0.25, 0.3) is 0 Å². The Bertz CT molecular complexity index is 744. The van der Waals surface area contributed by atoms with Gasteiger partial charge in [0.05, 0.1) is 24.5 Å². The van der Waals surface area contributed by atoms with Crippen LogP contribution in [0.3, 0.4) is 0 Å². The molecule has 2 heterocycles. The van der Waals surface area contributed by atoms with Gasteiger partial charge in [0.25, 0.3) is 0 Å². The second-order valence-corrected chi connectivity index (χ2v) is 7.63. The fourth-order valence-corrected chi connectivity index (χ4v) is 4.06. The molecule has 0 unspecified atom stereocenters. The zero-order valence-electron chi connectivity index (χ0n) is 15.1. The van der Waals surface area contributed by atoms with Gasteiger partial charge in [-0.25, -0.2) is 4.98 Å². The summed E-state index contributed by atoms with van der Waals surface area (Å²) in [5.41, 5.74) is 3.23. The lowest BCUT2D eigenvalue weighted by atomic mass is 10.1. The predicted molar refractivity (Wildman–Crippen MR) is 95.2 cm³/mol. The highest BCUT2D eigenvalue weighted by Crippen LogP contribution is 2.32. The van der Waals surface area contributed by atoms with E-state index >= 15 is 0 Å². The molecule has 2 aliphatic carbocycles. The first kappa shape index (κ1) is 16.4. The Morgan fingerprint density at radius 2 is 2.12 bits per heavy atom. The molecular formula is C19H27N5O. The molecule has 134 valence electrons. The monoisotopic (exact) mass is 341 g/mol. The first-order chi connectivity index (χ1) is 12.1. The lowest BCUT2D eigenvalue weighted by Crippen LogP contribution is -2.39. The van der Waals surface area contributed by atoms with E-state index in [9.17, 15) is 4.79 Å². The summed E-state index contributed by atoms with van der Waals surface area (Å²) in [5, 5.41) is 7.91. The Labute approximate surface area is 148 Å². The van der Waals surface area contributed by atoms with E-state index < -0.39 is 0 Å². The van der Waals surface area contributed by atoms with E-state index in [4.69, 9.17) is 0 Å². The molecule has 2 atom stereocenters. The molecule has 1 N–H and O–H groups in total. The van der Waals surface area contributed by atoms with Crippen LogP contribution in [-0.4, -0.2) is 31.3 Å². The molecule has 6 heteroatoms. The lowest BCUT2D eigenvalue weighted by molar-refractivity contribution is -0.121. The van der Waals surface area contributed by atoms with Crippen LogP contribution in [0.4, 0.5) is 0 Å². The van der Waals surface area contributed by atoms with Gasteiger partial charge in [0.15, 0.2) is 0 Å². The van der Waals surface area contributed by atoms with Crippen molar-refractivity contribution >= 4 is 5.91 Å². The van der Waals surface area contributed by atoms with E-state index in [0.29, 0.717) is 12.5 Å². The van der Waals surface area contributed by atoms with Gasteiger partial charge in [-0.05, 0) is 51.9 Å². The molecule has 4 rings (SSSR count). The number of aromatic nitrogens is 4. The zero-order chi connectivity index (χ0) is 17.4. The van der Waals surface area contributed by atoms with Gasteiger partial charge in [-0.1, -0.05) is 0 Å². The molecule has 0 saturated heterocycles. The van der Waals surface area contributed by atoms with Crippen molar-refractivity contribution in [3.05, 3.63) is 35.7 Å². The number of carbonyl (C=O) groups is 1. The van der Waals surface area contributed by atoms with Crippen molar-refractivity contribution in [2.24, 2.45) is 5.92 Å². The number of nitrogens with one attached hydrogen (secondary N) is 1. The summed E-state index contributed by atoms with van der Waals surface area (Å²) in [6, 6.07) is 0.523. The van der Waals surface area contributed by atoms with Gasteiger partial charge in [0, 0.05) is 36.2 Å². The van der Waals surface area contributed by atoms with E-state index in [1.165, 1.54) is 12.8 Å². The highest BCUT2D eigenvalue weighted by Gasteiger charge is 2.30. The Hall–Kier alpha value is -2.11. The molecular weight excluding hydrogens is 314 g/mol. The van der Waals surface area contributed by atoms with Gasteiger partial charge in [0.2, 0.25) is 5.91 Å². The van der Waals surface area contributed by atoms with Crippen molar-refractivity contribution in [1.29, 1.82) is 0 Å². The van der Waals surface area contributed by atoms with Crippen molar-refractivity contribution in [3.8, 4) is 0 Å². The Kier molecular flexibility index (Phi) is 4.36. The molecule has 2 fully saturated rings. The molecule has 2 saturated carbocycles. The molecule has 0 aromatic carbocycles. The van der Waals surface area contributed by atoms with Crippen LogP contribution in [0.15, 0.2) is 18.7 Å². The van der Waals surface area contributed by atoms with Gasteiger partial charge in [0.1, 0.15) is 0 Å². The number of carbonyl (C=O) groups excluding carboxylic acids is 1. The number of hydrogen-bond acceptors (Lipinski definition) is 3. The number of nitrogens with zero attached hydrogens (tertiary/aromatic N) is 4. The topological polar surface area (TPSA) is 64.7 Å². The van der Waals surface area contributed by atoms with Crippen LogP contribution < -0.4 is 5.32 Å². The summed E-state index contributed by atoms with van der Waals surface area (Å²) in [7, 11) is 0. The highest BCUT2D eigenvalue weighted by atomic mass is 16.1. The van der Waals surface area contributed by atoms with Gasteiger partial charge in [-0.2, -0.15) is 5.10 Å². The summed E-state index contributed by atoms with van der Waals surface area (Å²) in [6.07, 6.45) is 12.0. The smallest absolute Gasteiger partial charge is 0.224 e. The average Bonchev–Trinajstić information content (AvgIpc) is 2.97. The Balaban J connectivity index is 1.41. The normalized spacial score (nSPS) is 23.1. The maximum atomic E-state index is 12.7. The molecule has 2 aromatic heterocycles. The molecule has 6 nitrogen and oxygen atoms in total. The van der Waals surface area contributed by atoms with E-state index in [1.54, 1.807) is 6.20 Å². The molecule has 0 bridgehead atoms. The number of aryl methyl sites for hydroxylation is 1. The molecule has 2 aromatic rings. The van der Waals surface area contributed by atoms with Gasteiger partial charge in [-0.15, -0.1) is 0 Å². The fourth-order valence-electron chi connectivity index (χ4n) is 4.06. The van der Waals surface area contributed by atoms with Gasteiger partial charge in [-0.3, -0.25) is 9.48 Å². The van der Waals surface area contributed by atoms with Gasteiger partial charge >= 0.3 is 0 Å². The summed E-state index contributed by atoms with van der Waals surface area (Å²) >= 11 is 0. The van der Waals surface area contributed by atoms with Crippen LogP contribution in [0.5, 0.6) is 0 Å². The standard InChI is InChI=1S/C19H27N5O/c1-13-16(14(2)24(22-13)11-15-6-7-15)10-19(25)21-17-4-3-5-18(17)23-9-8-20-12-23/h8-9,12,15,17-18H,3-7,10-11H2,1-2H3,(H,21,25)/t17-,18+/m1/s1. The van der Waals surface area contributed by atoms with Crippen molar-refractivity contribution in [1.82, 2.24) is 24.6 Å². The SMILES string of the molecule is Cc1nn(CC2CC2)c(C)c1CC(=O)N[C@@H]1CCC[C@@H]1n1ccnc1. The van der Waals surface area contributed by atoms with Crippen molar-refractivity contribution in [3.63, 3.8) is 0 Å². The molecule has 0 spiro atoms. The Morgan fingerprint density at radius 3 is 2.84 bits per heavy atom. The van der Waals surface area contributed by atoms with Crippen molar-refractivity contribution in [2.45, 2.75) is 71.0 Å². The van der Waals surface area contributed by atoms with E-state index in [0.717, 1.165) is 48.7 Å². The number of hydrogen-bond donors (Lipinski definition) is 1. The number of rotatable bonds is 6. The van der Waals surface area contributed by atoms with Crippen LogP contribution in [0.2, 0.25) is 0 Å². The highest BCUT2D eigenvalue weighted by molar-refractivity contribution is 5.79. The second-order valence-electron chi connectivity index (χ2n) is 7.63. The predicted octanol–water partition coefficient (Wildman–Crippen LogP) is 2.56. The third-order valence-electron chi connectivity index (χ3n) is 5.73. The third kappa shape index (κ3) is 3.48. The summed E-state index contributed by atoms with van der Waals surface area (Å²) in [5.74, 6) is 0.892. The van der Waals surface area contributed by atoms with Crippen LogP contribution in [-0.2, 0) is 17.8 Å².